The molecule has 1 saturated heterocycles. The van der Waals surface area contributed by atoms with Gasteiger partial charge in [0.2, 0.25) is 0 Å². The molecule has 12 heavy (non-hydrogen) atoms. The Morgan fingerprint density at radius 1 is 1.42 bits per heavy atom. The Hall–Kier alpha value is -0.0500. The van der Waals surface area contributed by atoms with Crippen LogP contribution in [-0.2, 0) is 0 Å². The van der Waals surface area contributed by atoms with E-state index in [1.54, 1.807) is 5.54 Å². The van der Waals surface area contributed by atoms with Crippen LogP contribution < -0.4 is 5.73 Å². The first-order valence-electron chi connectivity index (χ1n) is 4.54. The van der Waals surface area contributed by atoms with Gasteiger partial charge in [0.25, 0.3) is 0 Å². The van der Waals surface area contributed by atoms with Crippen LogP contribution in [0.1, 0.15) is 12.8 Å². The summed E-state index contributed by atoms with van der Waals surface area (Å²) in [6.45, 7) is 4.17. The molecule has 0 amide bonds. The van der Waals surface area contributed by atoms with Crippen molar-refractivity contribution >= 4 is 11.6 Å². The number of hydrogen-bond acceptors (Lipinski definition) is 2. The molecule has 1 fully saturated rings. The summed E-state index contributed by atoms with van der Waals surface area (Å²) >= 11 is 5.45. The van der Waals surface area contributed by atoms with Crippen LogP contribution in [0, 0.1) is 5.92 Å². The topological polar surface area (TPSA) is 29.3 Å². The molecule has 0 saturated carbocycles. The fourth-order valence-electron chi connectivity index (χ4n) is 1.59. The van der Waals surface area contributed by atoms with E-state index in [-0.39, 0.29) is 0 Å². The van der Waals surface area contributed by atoms with E-state index in [4.69, 9.17) is 17.3 Å². The number of piperidine rings is 1. The van der Waals surface area contributed by atoms with Crippen molar-refractivity contribution in [3.63, 3.8) is 0 Å². The molecule has 0 spiro atoms. The summed E-state index contributed by atoms with van der Waals surface area (Å²) in [7, 11) is 0. The largest absolute Gasteiger partial charge is 0.330 e. The van der Waals surface area contributed by atoms with Crippen LogP contribution in [0.3, 0.4) is 0 Å². The van der Waals surface area contributed by atoms with Gasteiger partial charge in [0.1, 0.15) is 0 Å². The van der Waals surface area contributed by atoms with Gasteiger partial charge in [-0.2, -0.15) is 0 Å². The van der Waals surface area contributed by atoms with Crippen molar-refractivity contribution in [1.29, 1.82) is 0 Å². The average molecular weight is 189 g/mol. The van der Waals surface area contributed by atoms with E-state index in [1.165, 1.54) is 25.9 Å². The van der Waals surface area contributed by atoms with Crippen molar-refractivity contribution < 1.29 is 0 Å². The summed E-state index contributed by atoms with van der Waals surface area (Å²) < 4.78 is 0. The van der Waals surface area contributed by atoms with E-state index in [1.807, 2.05) is 6.08 Å². The van der Waals surface area contributed by atoms with E-state index in [0.717, 1.165) is 19.0 Å². The molecule has 2 N–H and O–H groups in total. The highest BCUT2D eigenvalue weighted by molar-refractivity contribution is 6.25. The lowest BCUT2D eigenvalue weighted by Gasteiger charge is -2.30. The molecule has 70 valence electrons. The molecule has 0 aromatic heterocycles. The molecular weight excluding hydrogens is 172 g/mol. The molecule has 0 aromatic carbocycles. The van der Waals surface area contributed by atoms with E-state index < -0.39 is 0 Å². The lowest BCUT2D eigenvalue weighted by atomic mass is 9.97. The normalized spacial score (nSPS) is 22.2. The Morgan fingerprint density at radius 3 is 2.58 bits per heavy atom. The maximum absolute atomic E-state index is 5.60. The monoisotopic (exact) mass is 188 g/mol. The van der Waals surface area contributed by atoms with Crippen LogP contribution in [0.4, 0.5) is 0 Å². The zero-order valence-electron chi connectivity index (χ0n) is 7.38. The molecule has 1 aliphatic rings. The Bertz CT molecular complexity index is 139. The second-order valence-corrected chi connectivity index (χ2v) is 3.59. The van der Waals surface area contributed by atoms with Gasteiger partial charge < -0.3 is 5.73 Å². The quantitative estimate of drug-likeness (QED) is 0.726. The summed E-state index contributed by atoms with van der Waals surface area (Å²) in [5.41, 5.74) is 7.19. The molecular formula is C9H17ClN2. The van der Waals surface area contributed by atoms with Crippen LogP contribution in [0.25, 0.3) is 0 Å². The number of hydrogen-bond donors (Lipinski definition) is 1. The molecule has 1 aliphatic heterocycles. The van der Waals surface area contributed by atoms with Crippen LogP contribution in [-0.4, -0.2) is 31.1 Å². The van der Waals surface area contributed by atoms with Crippen LogP contribution >= 0.6 is 11.6 Å². The van der Waals surface area contributed by atoms with E-state index in [0.29, 0.717) is 0 Å². The maximum Gasteiger partial charge on any atom is 0.0174 e. The van der Waals surface area contributed by atoms with Crippen molar-refractivity contribution in [1.82, 2.24) is 4.90 Å². The fourth-order valence-corrected chi connectivity index (χ4v) is 1.67. The highest BCUT2D eigenvalue weighted by Gasteiger charge is 2.16. The standard InChI is InChI=1S/C9H17ClN2/c10-4-1-5-12-6-2-9(8-11)3-7-12/h1,4,9H,2-3,5-8,11H2/b4-1+. The van der Waals surface area contributed by atoms with Crippen molar-refractivity contribution in [3.05, 3.63) is 11.6 Å². The van der Waals surface area contributed by atoms with Crippen molar-refractivity contribution in [2.45, 2.75) is 12.8 Å². The van der Waals surface area contributed by atoms with Crippen molar-refractivity contribution in [3.8, 4) is 0 Å². The van der Waals surface area contributed by atoms with Gasteiger partial charge in [-0.3, -0.25) is 4.90 Å². The molecule has 1 rings (SSSR count). The Morgan fingerprint density at radius 2 is 2.08 bits per heavy atom. The Kier molecular flexibility index (Phi) is 4.66. The lowest BCUT2D eigenvalue weighted by Crippen LogP contribution is -2.36. The molecule has 0 radical (unpaired) electrons. The second-order valence-electron chi connectivity index (χ2n) is 3.34. The molecule has 3 heteroatoms. The number of likely N-dealkylation sites (tertiary alicyclic amines) is 1. The molecule has 0 atom stereocenters. The van der Waals surface area contributed by atoms with Gasteiger partial charge in [0.05, 0.1) is 0 Å². The maximum atomic E-state index is 5.60. The number of nitrogens with two attached hydrogens (primary N) is 1. The third kappa shape index (κ3) is 3.13. The average Bonchev–Trinajstić information content (AvgIpc) is 2.15. The van der Waals surface area contributed by atoms with E-state index >= 15 is 0 Å². The SMILES string of the molecule is NCC1CCN(C/C=C/Cl)CC1. The Labute approximate surface area is 79.4 Å². The van der Waals surface area contributed by atoms with Gasteiger partial charge in [0.15, 0.2) is 0 Å². The summed E-state index contributed by atoms with van der Waals surface area (Å²) in [4.78, 5) is 2.41. The highest BCUT2D eigenvalue weighted by atomic mass is 35.5. The fraction of sp³-hybridized carbons (Fsp3) is 0.778. The highest BCUT2D eigenvalue weighted by Crippen LogP contribution is 2.15. The molecule has 2 nitrogen and oxygen atoms in total. The van der Waals surface area contributed by atoms with Crippen molar-refractivity contribution in [2.24, 2.45) is 11.7 Å². The summed E-state index contributed by atoms with van der Waals surface area (Å²) in [5, 5.41) is 0. The zero-order chi connectivity index (χ0) is 8.81. The third-order valence-electron chi connectivity index (χ3n) is 2.49. The van der Waals surface area contributed by atoms with E-state index in [2.05, 4.69) is 4.90 Å². The van der Waals surface area contributed by atoms with Gasteiger partial charge in [-0.05, 0) is 38.4 Å². The Balaban J connectivity index is 2.17. The molecule has 0 aliphatic carbocycles. The predicted octanol–water partition coefficient (Wildman–Crippen LogP) is 1.41. The molecule has 0 bridgehead atoms. The molecule has 0 unspecified atom stereocenters. The minimum Gasteiger partial charge on any atom is -0.330 e. The molecule has 1 heterocycles. The first-order valence-corrected chi connectivity index (χ1v) is 4.98. The lowest BCUT2D eigenvalue weighted by molar-refractivity contribution is 0.204. The summed E-state index contributed by atoms with van der Waals surface area (Å²) in [5.74, 6) is 0.751. The number of halogens is 1. The third-order valence-corrected chi connectivity index (χ3v) is 2.67. The van der Waals surface area contributed by atoms with Crippen LogP contribution in [0.15, 0.2) is 11.6 Å². The van der Waals surface area contributed by atoms with Crippen LogP contribution in [0.2, 0.25) is 0 Å². The van der Waals surface area contributed by atoms with Gasteiger partial charge in [0, 0.05) is 12.1 Å². The van der Waals surface area contributed by atoms with Gasteiger partial charge in [-0.25, -0.2) is 0 Å². The smallest absolute Gasteiger partial charge is 0.0174 e. The second kappa shape index (κ2) is 5.57. The summed E-state index contributed by atoms with van der Waals surface area (Å²) in [6.07, 6.45) is 4.48. The first kappa shape index (κ1) is 10.0. The minimum atomic E-state index is 0.751. The van der Waals surface area contributed by atoms with Gasteiger partial charge >= 0.3 is 0 Å². The summed E-state index contributed by atoms with van der Waals surface area (Å²) in [6, 6.07) is 0. The number of nitrogens with zero attached hydrogens (tertiary/aromatic N) is 1. The van der Waals surface area contributed by atoms with Crippen LogP contribution in [0.5, 0.6) is 0 Å². The molecule has 0 aromatic rings. The van der Waals surface area contributed by atoms with Crippen molar-refractivity contribution in [2.75, 3.05) is 26.2 Å². The zero-order valence-corrected chi connectivity index (χ0v) is 8.13. The van der Waals surface area contributed by atoms with Gasteiger partial charge in [-0.15, -0.1) is 0 Å². The van der Waals surface area contributed by atoms with Gasteiger partial charge in [-0.1, -0.05) is 17.7 Å². The minimum absolute atomic E-state index is 0.751. The predicted molar refractivity (Wildman–Crippen MR) is 53.2 cm³/mol. The van der Waals surface area contributed by atoms with E-state index in [9.17, 15) is 0 Å². The number of rotatable bonds is 3. The first-order chi connectivity index (χ1) is 5.86.